The average Bonchev–Trinajstić information content (AvgIpc) is 2.94. The number of hydrogen-bond donors (Lipinski definition) is 1. The zero-order valence-corrected chi connectivity index (χ0v) is 11.3. The Morgan fingerprint density at radius 1 is 1.50 bits per heavy atom. The minimum Gasteiger partial charge on any atom is -0.472 e. The van der Waals surface area contributed by atoms with E-state index in [2.05, 4.69) is 30.5 Å². The highest BCUT2D eigenvalue weighted by molar-refractivity contribution is 5.23. The Balaban J connectivity index is 2.16. The van der Waals surface area contributed by atoms with Gasteiger partial charge < -0.3 is 9.73 Å². The lowest BCUT2D eigenvalue weighted by atomic mass is 10.0. The molecule has 2 heterocycles. The van der Waals surface area contributed by atoms with Crippen molar-refractivity contribution in [3.05, 3.63) is 41.6 Å². The first kappa shape index (κ1) is 12.9. The van der Waals surface area contributed by atoms with E-state index in [1.54, 1.807) is 6.26 Å². The quantitative estimate of drug-likeness (QED) is 0.853. The van der Waals surface area contributed by atoms with Crippen LogP contribution in [0, 0.1) is 6.92 Å². The lowest BCUT2D eigenvalue weighted by Gasteiger charge is -2.17. The van der Waals surface area contributed by atoms with E-state index >= 15 is 0 Å². The molecule has 98 valence electrons. The molecule has 0 radical (unpaired) electrons. The van der Waals surface area contributed by atoms with Crippen LogP contribution in [0.2, 0.25) is 0 Å². The van der Waals surface area contributed by atoms with Crippen molar-refractivity contribution in [1.29, 1.82) is 0 Å². The van der Waals surface area contributed by atoms with Crippen LogP contribution in [0.4, 0.5) is 0 Å². The highest BCUT2D eigenvalue weighted by atomic mass is 16.3. The molecular formula is C14H21N3O. The number of rotatable bonds is 6. The molecule has 0 bridgehead atoms. The molecule has 4 heteroatoms. The second-order valence-corrected chi connectivity index (χ2v) is 4.69. The Kier molecular flexibility index (Phi) is 4.20. The lowest BCUT2D eigenvalue weighted by Crippen LogP contribution is -2.24. The highest BCUT2D eigenvalue weighted by Crippen LogP contribution is 2.21. The zero-order chi connectivity index (χ0) is 13.0. The van der Waals surface area contributed by atoms with Gasteiger partial charge in [-0.2, -0.15) is 5.10 Å². The second-order valence-electron chi connectivity index (χ2n) is 4.69. The van der Waals surface area contributed by atoms with Crippen molar-refractivity contribution in [3.8, 4) is 0 Å². The van der Waals surface area contributed by atoms with Crippen molar-refractivity contribution in [2.75, 3.05) is 6.54 Å². The summed E-state index contributed by atoms with van der Waals surface area (Å²) in [7, 11) is 1.96. The van der Waals surface area contributed by atoms with Crippen LogP contribution in [0.25, 0.3) is 0 Å². The molecule has 0 aliphatic heterocycles. The normalized spacial score (nSPS) is 12.8. The molecule has 0 aromatic carbocycles. The maximum absolute atomic E-state index is 5.14. The largest absolute Gasteiger partial charge is 0.472 e. The van der Waals surface area contributed by atoms with E-state index in [-0.39, 0.29) is 0 Å². The zero-order valence-electron chi connectivity index (χ0n) is 11.3. The van der Waals surface area contributed by atoms with E-state index in [9.17, 15) is 0 Å². The van der Waals surface area contributed by atoms with Crippen molar-refractivity contribution in [3.63, 3.8) is 0 Å². The molecule has 4 nitrogen and oxygen atoms in total. The Morgan fingerprint density at radius 3 is 2.89 bits per heavy atom. The van der Waals surface area contributed by atoms with E-state index in [0.29, 0.717) is 6.04 Å². The first-order chi connectivity index (χ1) is 8.70. The first-order valence-electron chi connectivity index (χ1n) is 6.45. The molecule has 0 amide bonds. The number of nitrogens with zero attached hydrogens (tertiary/aromatic N) is 2. The number of hydrogen-bond acceptors (Lipinski definition) is 3. The summed E-state index contributed by atoms with van der Waals surface area (Å²) in [5, 5.41) is 8.01. The van der Waals surface area contributed by atoms with E-state index in [4.69, 9.17) is 4.42 Å². The molecule has 1 N–H and O–H groups in total. The Labute approximate surface area is 108 Å². The molecule has 0 saturated heterocycles. The third kappa shape index (κ3) is 3.01. The third-order valence-electron chi connectivity index (χ3n) is 3.09. The Hall–Kier alpha value is -1.55. The van der Waals surface area contributed by atoms with Gasteiger partial charge in [0.25, 0.3) is 0 Å². The molecule has 0 aliphatic rings. The van der Waals surface area contributed by atoms with Crippen LogP contribution in [0.15, 0.2) is 29.2 Å². The summed E-state index contributed by atoms with van der Waals surface area (Å²) in [6, 6.07) is 2.32. The van der Waals surface area contributed by atoms with Gasteiger partial charge in [-0.3, -0.25) is 4.68 Å². The number of aryl methyl sites for hydroxylation is 2. The van der Waals surface area contributed by atoms with Crippen molar-refractivity contribution < 1.29 is 4.42 Å². The first-order valence-corrected chi connectivity index (χ1v) is 6.45. The molecule has 2 aromatic heterocycles. The standard InChI is InChI=1S/C14H21N3O/c1-4-6-15-14(8-12-5-7-18-10-12)13-9-17(3)16-11(13)2/h5,7,9-10,14-15H,4,6,8H2,1-3H3. The summed E-state index contributed by atoms with van der Waals surface area (Å²) in [6.45, 7) is 5.25. The number of furan rings is 1. The minimum absolute atomic E-state index is 0.302. The van der Waals surface area contributed by atoms with Crippen molar-refractivity contribution >= 4 is 0 Å². The summed E-state index contributed by atoms with van der Waals surface area (Å²) < 4.78 is 7.02. The van der Waals surface area contributed by atoms with Crippen LogP contribution in [0.1, 0.15) is 36.2 Å². The van der Waals surface area contributed by atoms with Gasteiger partial charge in [0.2, 0.25) is 0 Å². The Morgan fingerprint density at radius 2 is 2.33 bits per heavy atom. The van der Waals surface area contributed by atoms with Gasteiger partial charge in [0.05, 0.1) is 18.2 Å². The van der Waals surface area contributed by atoms with Gasteiger partial charge in [-0.25, -0.2) is 0 Å². The summed E-state index contributed by atoms with van der Waals surface area (Å²) >= 11 is 0. The molecule has 2 aromatic rings. The van der Waals surface area contributed by atoms with Gasteiger partial charge >= 0.3 is 0 Å². The molecule has 1 unspecified atom stereocenters. The van der Waals surface area contributed by atoms with Crippen LogP contribution in [-0.2, 0) is 13.5 Å². The van der Waals surface area contributed by atoms with E-state index in [1.807, 2.05) is 24.1 Å². The maximum atomic E-state index is 5.14. The molecule has 0 spiro atoms. The average molecular weight is 247 g/mol. The van der Waals surface area contributed by atoms with Gasteiger partial charge in [0.15, 0.2) is 0 Å². The van der Waals surface area contributed by atoms with Crippen LogP contribution in [0.3, 0.4) is 0 Å². The van der Waals surface area contributed by atoms with Crippen LogP contribution >= 0.6 is 0 Å². The summed E-state index contributed by atoms with van der Waals surface area (Å²) in [5.41, 5.74) is 3.58. The highest BCUT2D eigenvalue weighted by Gasteiger charge is 2.16. The van der Waals surface area contributed by atoms with Gasteiger partial charge in [-0.05, 0) is 37.9 Å². The van der Waals surface area contributed by atoms with Crippen LogP contribution in [0.5, 0.6) is 0 Å². The molecule has 0 saturated carbocycles. The minimum atomic E-state index is 0.302. The molecule has 18 heavy (non-hydrogen) atoms. The third-order valence-corrected chi connectivity index (χ3v) is 3.09. The van der Waals surface area contributed by atoms with Crippen LogP contribution in [-0.4, -0.2) is 16.3 Å². The van der Waals surface area contributed by atoms with E-state index in [1.165, 1.54) is 11.1 Å². The van der Waals surface area contributed by atoms with Crippen LogP contribution < -0.4 is 5.32 Å². The SMILES string of the molecule is CCCNC(Cc1ccoc1)c1cn(C)nc1C. The maximum Gasteiger partial charge on any atom is 0.0935 e. The number of nitrogens with one attached hydrogen (secondary N) is 1. The van der Waals surface area contributed by atoms with Gasteiger partial charge in [0, 0.05) is 24.8 Å². The molecule has 0 fully saturated rings. The molecule has 2 rings (SSSR count). The Bertz CT molecular complexity index is 473. The summed E-state index contributed by atoms with van der Waals surface area (Å²) in [5.74, 6) is 0. The predicted octanol–water partition coefficient (Wildman–Crippen LogP) is 2.60. The molecule has 0 aliphatic carbocycles. The van der Waals surface area contributed by atoms with Crippen molar-refractivity contribution in [2.24, 2.45) is 7.05 Å². The van der Waals surface area contributed by atoms with Gasteiger partial charge in [-0.1, -0.05) is 6.92 Å². The fourth-order valence-corrected chi connectivity index (χ4v) is 2.22. The van der Waals surface area contributed by atoms with Gasteiger partial charge in [-0.15, -0.1) is 0 Å². The van der Waals surface area contributed by atoms with Gasteiger partial charge in [0.1, 0.15) is 0 Å². The fourth-order valence-electron chi connectivity index (χ4n) is 2.22. The predicted molar refractivity (Wildman–Crippen MR) is 71.4 cm³/mol. The van der Waals surface area contributed by atoms with E-state index in [0.717, 1.165) is 25.1 Å². The number of aromatic nitrogens is 2. The molecule has 1 atom stereocenters. The second kappa shape index (κ2) is 5.87. The summed E-state index contributed by atoms with van der Waals surface area (Å²) in [4.78, 5) is 0. The monoisotopic (exact) mass is 247 g/mol. The van der Waals surface area contributed by atoms with E-state index < -0.39 is 0 Å². The topological polar surface area (TPSA) is 43.0 Å². The smallest absolute Gasteiger partial charge is 0.0935 e. The van der Waals surface area contributed by atoms with Crippen molar-refractivity contribution in [1.82, 2.24) is 15.1 Å². The summed E-state index contributed by atoms with van der Waals surface area (Å²) in [6.07, 6.45) is 7.70. The van der Waals surface area contributed by atoms with Crippen molar-refractivity contribution in [2.45, 2.75) is 32.7 Å². The molecular weight excluding hydrogens is 226 g/mol. The lowest BCUT2D eigenvalue weighted by molar-refractivity contribution is 0.518. The fraction of sp³-hybridized carbons (Fsp3) is 0.500.